The van der Waals surface area contributed by atoms with Gasteiger partial charge in [-0.15, -0.1) is 0 Å². The third-order valence-corrected chi connectivity index (χ3v) is 13.6. The van der Waals surface area contributed by atoms with E-state index in [9.17, 15) is 0 Å². The normalized spacial score (nSPS) is 14.2. The lowest BCUT2D eigenvalue weighted by atomic mass is 10.2. The summed E-state index contributed by atoms with van der Waals surface area (Å²) in [5.74, 6) is 0. The van der Waals surface area contributed by atoms with Gasteiger partial charge in [0.15, 0.2) is 0 Å². The maximum absolute atomic E-state index is 6.45. The first-order valence-electron chi connectivity index (χ1n) is 9.16. The third kappa shape index (κ3) is 7.32. The molecule has 0 aliphatic heterocycles. The first kappa shape index (κ1) is 22.5. The van der Waals surface area contributed by atoms with Gasteiger partial charge in [0.05, 0.1) is 6.10 Å². The molecule has 1 unspecified atom stereocenters. The van der Waals surface area contributed by atoms with Crippen LogP contribution in [0.2, 0.25) is 39.3 Å². The van der Waals surface area contributed by atoms with Crippen molar-refractivity contribution in [2.75, 3.05) is 13.2 Å². The van der Waals surface area contributed by atoms with Crippen molar-refractivity contribution in [1.29, 1.82) is 0 Å². The highest BCUT2D eigenvalue weighted by Gasteiger charge is 2.36. The van der Waals surface area contributed by atoms with E-state index in [4.69, 9.17) is 8.85 Å². The lowest BCUT2D eigenvalue weighted by Gasteiger charge is -2.45. The van der Waals surface area contributed by atoms with Gasteiger partial charge >= 0.3 is 9.28 Å². The number of hydrogen-bond donors (Lipinski definition) is 0. The molecular weight excluding hydrogens is 358 g/mol. The Kier molecular flexibility index (Phi) is 8.50. The fraction of sp³-hybridized carbons (Fsp3) is 0.579. The van der Waals surface area contributed by atoms with Crippen LogP contribution in [-0.4, -0.2) is 49.2 Å². The molecule has 3 nitrogen and oxygen atoms in total. The zero-order valence-electron chi connectivity index (χ0n) is 17.3. The van der Waals surface area contributed by atoms with Crippen LogP contribution in [0, 0.1) is 0 Å². The van der Waals surface area contributed by atoms with E-state index in [-0.39, 0.29) is 6.10 Å². The molecule has 1 aromatic carbocycles. The van der Waals surface area contributed by atoms with E-state index in [1.54, 1.807) is 0 Å². The van der Waals surface area contributed by atoms with E-state index in [0.717, 1.165) is 17.3 Å². The molecule has 0 saturated carbocycles. The van der Waals surface area contributed by atoms with Crippen LogP contribution in [0.3, 0.4) is 0 Å². The highest BCUT2D eigenvalue weighted by atomic mass is 28.4. The summed E-state index contributed by atoms with van der Waals surface area (Å²) in [4.78, 5) is 0. The molecule has 0 heterocycles. The fourth-order valence-electron chi connectivity index (χ4n) is 3.14. The van der Waals surface area contributed by atoms with Gasteiger partial charge < -0.3 is 13.1 Å². The summed E-state index contributed by atoms with van der Waals surface area (Å²) in [5, 5.41) is 1.16. The highest BCUT2D eigenvalue weighted by molar-refractivity contribution is 6.89. The first-order chi connectivity index (χ1) is 11.5. The predicted molar refractivity (Wildman–Crippen MR) is 117 cm³/mol. The van der Waals surface area contributed by atoms with Crippen molar-refractivity contribution >= 4 is 37.0 Å². The van der Waals surface area contributed by atoms with Gasteiger partial charge in [0.1, 0.15) is 16.5 Å². The van der Waals surface area contributed by atoms with Crippen LogP contribution >= 0.6 is 0 Å². The summed E-state index contributed by atoms with van der Waals surface area (Å²) in [6, 6.07) is 8.36. The molecule has 1 rings (SSSR count). The van der Waals surface area contributed by atoms with Gasteiger partial charge in [-0.05, 0) is 24.6 Å². The molecule has 0 amide bonds. The molecule has 0 fully saturated rings. The Morgan fingerprint density at radius 2 is 1.76 bits per heavy atom. The van der Waals surface area contributed by atoms with E-state index in [1.807, 2.05) is 13.0 Å². The lowest BCUT2D eigenvalue weighted by Crippen LogP contribution is -2.61. The zero-order chi connectivity index (χ0) is 19.3. The van der Waals surface area contributed by atoms with Gasteiger partial charge in [-0.2, -0.15) is 0 Å². The minimum Gasteiger partial charge on any atom is -0.390 e. The van der Waals surface area contributed by atoms with Gasteiger partial charge in [0, 0.05) is 13.2 Å². The summed E-state index contributed by atoms with van der Waals surface area (Å²) in [6.07, 6.45) is 2.03. The SMILES string of the molecule is C=Cc1cccc([Si](OCC)OC(C)CN([Si](C)(C)C)[Si](C)(C)C)c1. The fourth-order valence-corrected chi connectivity index (χ4v) is 14.4. The summed E-state index contributed by atoms with van der Waals surface area (Å²) >= 11 is 0. The van der Waals surface area contributed by atoms with Gasteiger partial charge in [-0.3, -0.25) is 0 Å². The average molecular weight is 395 g/mol. The number of nitrogens with zero attached hydrogens (tertiary/aromatic N) is 1. The molecule has 0 N–H and O–H groups in total. The van der Waals surface area contributed by atoms with Crippen molar-refractivity contribution in [1.82, 2.24) is 4.23 Å². The largest absolute Gasteiger partial charge is 0.423 e. The molecule has 0 aromatic heterocycles. The van der Waals surface area contributed by atoms with Gasteiger partial charge in [0.25, 0.3) is 0 Å². The molecule has 0 aliphatic rings. The second kappa shape index (κ2) is 9.43. The van der Waals surface area contributed by atoms with Crippen LogP contribution in [0.1, 0.15) is 19.4 Å². The van der Waals surface area contributed by atoms with Crippen molar-refractivity contribution in [2.24, 2.45) is 0 Å². The topological polar surface area (TPSA) is 21.7 Å². The van der Waals surface area contributed by atoms with Gasteiger partial charge in [-0.1, -0.05) is 76.2 Å². The minimum atomic E-state index is -1.48. The molecule has 0 aliphatic carbocycles. The van der Waals surface area contributed by atoms with Crippen molar-refractivity contribution in [3.8, 4) is 0 Å². The molecule has 1 atom stereocenters. The Morgan fingerprint density at radius 1 is 1.16 bits per heavy atom. The van der Waals surface area contributed by atoms with E-state index >= 15 is 0 Å². The molecule has 25 heavy (non-hydrogen) atoms. The monoisotopic (exact) mass is 394 g/mol. The van der Waals surface area contributed by atoms with E-state index in [1.165, 1.54) is 0 Å². The van der Waals surface area contributed by atoms with Crippen molar-refractivity contribution < 1.29 is 8.85 Å². The van der Waals surface area contributed by atoms with Crippen molar-refractivity contribution in [3.05, 3.63) is 36.4 Å². The van der Waals surface area contributed by atoms with Crippen LogP contribution in [0.4, 0.5) is 0 Å². The smallest absolute Gasteiger partial charge is 0.390 e. The zero-order valence-corrected chi connectivity index (χ0v) is 20.3. The second-order valence-electron chi connectivity index (χ2n) is 8.43. The highest BCUT2D eigenvalue weighted by Crippen LogP contribution is 2.20. The van der Waals surface area contributed by atoms with E-state index in [2.05, 4.69) is 81.3 Å². The van der Waals surface area contributed by atoms with E-state index in [0.29, 0.717) is 6.61 Å². The first-order valence-corrected chi connectivity index (χ1v) is 17.4. The number of benzene rings is 1. The Hall–Kier alpha value is -0.509. The maximum Gasteiger partial charge on any atom is 0.423 e. The van der Waals surface area contributed by atoms with Crippen LogP contribution < -0.4 is 5.19 Å². The Morgan fingerprint density at radius 3 is 2.24 bits per heavy atom. The molecule has 0 bridgehead atoms. The standard InChI is InChI=1S/C19H36NO2Si3/c1-10-18-13-12-14-19(15-18)23(21-11-2)22-17(3)16-20(24(4,5)6)25(7,8)9/h10,12-15,17H,1,11,16H2,2-9H3. The Labute approximate surface area is 159 Å². The molecule has 141 valence electrons. The Bertz CT molecular complexity index is 538. The average Bonchev–Trinajstić information content (AvgIpc) is 2.50. The quantitative estimate of drug-likeness (QED) is 0.548. The third-order valence-electron chi connectivity index (χ3n) is 4.00. The van der Waals surface area contributed by atoms with Gasteiger partial charge in [0.2, 0.25) is 0 Å². The molecule has 0 saturated heterocycles. The number of hydrogen-bond acceptors (Lipinski definition) is 3. The van der Waals surface area contributed by atoms with Gasteiger partial charge in [-0.25, -0.2) is 0 Å². The lowest BCUT2D eigenvalue weighted by molar-refractivity contribution is 0.150. The summed E-state index contributed by atoms with van der Waals surface area (Å²) in [5.41, 5.74) is 1.11. The van der Waals surface area contributed by atoms with Crippen molar-refractivity contribution in [2.45, 2.75) is 59.2 Å². The maximum atomic E-state index is 6.45. The number of rotatable bonds is 10. The molecule has 1 aromatic rings. The molecule has 1 radical (unpaired) electrons. The predicted octanol–water partition coefficient (Wildman–Crippen LogP) is 4.44. The minimum absolute atomic E-state index is 0.159. The van der Waals surface area contributed by atoms with E-state index < -0.39 is 25.8 Å². The van der Waals surface area contributed by atoms with Crippen LogP contribution in [-0.2, 0) is 8.85 Å². The van der Waals surface area contributed by atoms with Crippen LogP contribution in [0.15, 0.2) is 30.8 Å². The molecular formula is C19H36NO2Si3. The van der Waals surface area contributed by atoms with Crippen LogP contribution in [0.25, 0.3) is 6.08 Å². The molecule has 6 heteroatoms. The molecule has 0 spiro atoms. The van der Waals surface area contributed by atoms with Crippen LogP contribution in [0.5, 0.6) is 0 Å². The Balaban J connectivity index is 2.91. The summed E-state index contributed by atoms with van der Waals surface area (Å²) < 4.78 is 15.2. The summed E-state index contributed by atoms with van der Waals surface area (Å²) in [6.45, 7) is 24.3. The summed E-state index contributed by atoms with van der Waals surface area (Å²) in [7, 11) is -4.23. The van der Waals surface area contributed by atoms with Crippen molar-refractivity contribution in [3.63, 3.8) is 0 Å². The second-order valence-corrected chi connectivity index (χ2v) is 20.3.